The molecule has 0 fully saturated rings. The number of rotatable bonds is 2. The van der Waals surface area contributed by atoms with Crippen LogP contribution in [0, 0.1) is 0 Å². The zero-order chi connectivity index (χ0) is 10.0. The van der Waals surface area contributed by atoms with Crippen molar-refractivity contribution >= 4 is 54.9 Å². The molecule has 0 amide bonds. The molecule has 0 aliphatic heterocycles. The Labute approximate surface area is 97.7 Å². The van der Waals surface area contributed by atoms with Crippen LogP contribution in [0.4, 0.5) is 5.69 Å². The third kappa shape index (κ3) is 2.45. The molecule has 0 unspecified atom stereocenters. The Bertz CT molecular complexity index is 354. The van der Waals surface area contributed by atoms with E-state index in [-0.39, 0.29) is 11.1 Å². The molecule has 1 aromatic carbocycles. The SMILES string of the molecule is Nc1c(Cl)cc(Br)cc1C(=O)CBr. The molecular formula is C8H6Br2ClNO. The van der Waals surface area contributed by atoms with Gasteiger partial charge in [0.05, 0.1) is 16.0 Å². The number of anilines is 1. The highest BCUT2D eigenvalue weighted by Gasteiger charge is 2.11. The first-order valence-electron chi connectivity index (χ1n) is 3.40. The van der Waals surface area contributed by atoms with Crippen LogP contribution in [0.15, 0.2) is 16.6 Å². The second-order valence-corrected chi connectivity index (χ2v) is 4.29. The number of carbonyl (C=O) groups excluding carboxylic acids is 1. The summed E-state index contributed by atoms with van der Waals surface area (Å²) in [5.74, 6) is -0.0827. The molecule has 2 N–H and O–H groups in total. The number of hydrogen-bond donors (Lipinski definition) is 1. The molecule has 2 nitrogen and oxygen atoms in total. The summed E-state index contributed by atoms with van der Waals surface area (Å²) in [6.45, 7) is 0. The van der Waals surface area contributed by atoms with E-state index < -0.39 is 0 Å². The molecule has 13 heavy (non-hydrogen) atoms. The van der Waals surface area contributed by atoms with Crippen LogP contribution < -0.4 is 5.73 Å². The molecule has 0 radical (unpaired) electrons. The molecular weight excluding hydrogens is 321 g/mol. The second kappa shape index (κ2) is 4.44. The van der Waals surface area contributed by atoms with Crippen molar-refractivity contribution in [3.63, 3.8) is 0 Å². The largest absolute Gasteiger partial charge is 0.397 e. The zero-order valence-corrected chi connectivity index (χ0v) is 10.4. The van der Waals surface area contributed by atoms with Crippen LogP contribution >= 0.6 is 43.5 Å². The molecule has 0 bridgehead atoms. The van der Waals surface area contributed by atoms with E-state index in [9.17, 15) is 4.79 Å². The minimum absolute atomic E-state index is 0.0827. The molecule has 0 aliphatic carbocycles. The monoisotopic (exact) mass is 325 g/mol. The Morgan fingerprint density at radius 2 is 2.15 bits per heavy atom. The van der Waals surface area contributed by atoms with Crippen LogP contribution in [0.3, 0.4) is 0 Å². The molecule has 0 aromatic heterocycles. The number of nitrogens with two attached hydrogens (primary N) is 1. The van der Waals surface area contributed by atoms with Gasteiger partial charge in [-0.3, -0.25) is 4.79 Å². The average molecular weight is 327 g/mol. The van der Waals surface area contributed by atoms with E-state index in [1.165, 1.54) is 0 Å². The Morgan fingerprint density at radius 3 is 2.69 bits per heavy atom. The number of Topliss-reactive ketones (excluding diaryl/α,β-unsaturated/α-hetero) is 1. The predicted molar refractivity (Wildman–Crippen MR) is 61.7 cm³/mol. The van der Waals surface area contributed by atoms with E-state index in [2.05, 4.69) is 31.9 Å². The van der Waals surface area contributed by atoms with Crippen molar-refractivity contribution in [2.24, 2.45) is 0 Å². The van der Waals surface area contributed by atoms with Crippen molar-refractivity contribution in [3.8, 4) is 0 Å². The number of alkyl halides is 1. The average Bonchev–Trinajstić information content (AvgIpc) is 2.10. The van der Waals surface area contributed by atoms with Gasteiger partial charge in [0.15, 0.2) is 5.78 Å². The van der Waals surface area contributed by atoms with Crippen LogP contribution in [0.5, 0.6) is 0 Å². The third-order valence-corrected chi connectivity index (χ3v) is 2.80. The number of benzene rings is 1. The van der Waals surface area contributed by atoms with E-state index in [0.29, 0.717) is 16.3 Å². The number of nitrogen functional groups attached to an aromatic ring is 1. The highest BCUT2D eigenvalue weighted by atomic mass is 79.9. The summed E-state index contributed by atoms with van der Waals surface area (Å²) < 4.78 is 0.746. The van der Waals surface area contributed by atoms with Gasteiger partial charge >= 0.3 is 0 Å². The van der Waals surface area contributed by atoms with Crippen LogP contribution in [0.25, 0.3) is 0 Å². The van der Waals surface area contributed by atoms with Gasteiger partial charge in [-0.15, -0.1) is 0 Å². The van der Waals surface area contributed by atoms with Crippen LogP contribution in [0.1, 0.15) is 10.4 Å². The maximum absolute atomic E-state index is 11.3. The highest BCUT2D eigenvalue weighted by molar-refractivity contribution is 9.10. The summed E-state index contributed by atoms with van der Waals surface area (Å²) in [5, 5.41) is 0.628. The maximum Gasteiger partial charge on any atom is 0.175 e. The minimum Gasteiger partial charge on any atom is -0.397 e. The first-order chi connectivity index (χ1) is 6.06. The first kappa shape index (κ1) is 11.0. The number of ketones is 1. The first-order valence-corrected chi connectivity index (χ1v) is 5.69. The Balaban J connectivity index is 3.28. The molecule has 70 valence electrons. The van der Waals surface area contributed by atoms with Gasteiger partial charge in [-0.2, -0.15) is 0 Å². The molecule has 0 aliphatic rings. The van der Waals surface area contributed by atoms with Gasteiger partial charge in [0.2, 0.25) is 0 Å². The van der Waals surface area contributed by atoms with E-state index >= 15 is 0 Å². The Hall–Kier alpha value is -0.0600. The molecule has 1 rings (SSSR count). The van der Waals surface area contributed by atoms with Crippen LogP contribution in [0.2, 0.25) is 5.02 Å². The number of halogens is 3. The zero-order valence-electron chi connectivity index (χ0n) is 6.48. The van der Waals surface area contributed by atoms with Crippen molar-refractivity contribution in [3.05, 3.63) is 27.2 Å². The normalized spacial score (nSPS) is 10.1. The molecule has 0 spiro atoms. The van der Waals surface area contributed by atoms with E-state index in [0.717, 1.165) is 4.47 Å². The van der Waals surface area contributed by atoms with Gasteiger partial charge < -0.3 is 5.73 Å². The number of hydrogen-bond acceptors (Lipinski definition) is 2. The fourth-order valence-corrected chi connectivity index (χ4v) is 2.00. The van der Waals surface area contributed by atoms with Gasteiger partial charge in [-0.05, 0) is 12.1 Å². The molecule has 0 saturated heterocycles. The lowest BCUT2D eigenvalue weighted by molar-refractivity contribution is 0.102. The van der Waals surface area contributed by atoms with E-state index in [4.69, 9.17) is 17.3 Å². The lowest BCUT2D eigenvalue weighted by Crippen LogP contribution is -2.05. The van der Waals surface area contributed by atoms with Gasteiger partial charge in [0.1, 0.15) is 0 Å². The highest BCUT2D eigenvalue weighted by Crippen LogP contribution is 2.28. The van der Waals surface area contributed by atoms with Crippen LogP contribution in [-0.2, 0) is 0 Å². The quantitative estimate of drug-likeness (QED) is 0.515. The van der Waals surface area contributed by atoms with Gasteiger partial charge in [-0.1, -0.05) is 43.5 Å². The lowest BCUT2D eigenvalue weighted by Gasteiger charge is -2.05. The van der Waals surface area contributed by atoms with Crippen molar-refractivity contribution in [1.82, 2.24) is 0 Å². The smallest absolute Gasteiger partial charge is 0.175 e. The predicted octanol–water partition coefficient (Wildman–Crippen LogP) is 3.26. The fraction of sp³-hybridized carbons (Fsp3) is 0.125. The molecule has 0 saturated carbocycles. The maximum atomic E-state index is 11.3. The molecule has 1 aromatic rings. The fourth-order valence-electron chi connectivity index (χ4n) is 0.887. The Kier molecular flexibility index (Phi) is 3.76. The van der Waals surface area contributed by atoms with Gasteiger partial charge in [-0.25, -0.2) is 0 Å². The molecule has 0 heterocycles. The molecule has 5 heteroatoms. The summed E-state index contributed by atoms with van der Waals surface area (Å²) in [6.07, 6.45) is 0. The summed E-state index contributed by atoms with van der Waals surface area (Å²) in [7, 11) is 0. The summed E-state index contributed by atoms with van der Waals surface area (Å²) in [5.41, 5.74) is 6.40. The van der Waals surface area contributed by atoms with E-state index in [1.54, 1.807) is 12.1 Å². The lowest BCUT2D eigenvalue weighted by atomic mass is 10.1. The topological polar surface area (TPSA) is 43.1 Å². The summed E-state index contributed by atoms with van der Waals surface area (Å²) in [4.78, 5) is 11.3. The summed E-state index contributed by atoms with van der Waals surface area (Å²) in [6, 6.07) is 3.31. The third-order valence-electron chi connectivity index (χ3n) is 1.52. The van der Waals surface area contributed by atoms with Crippen molar-refractivity contribution in [2.45, 2.75) is 0 Å². The Morgan fingerprint density at radius 1 is 1.54 bits per heavy atom. The van der Waals surface area contributed by atoms with Crippen molar-refractivity contribution in [2.75, 3.05) is 11.1 Å². The summed E-state index contributed by atoms with van der Waals surface area (Å²) >= 11 is 12.1. The van der Waals surface area contributed by atoms with Gasteiger partial charge in [0, 0.05) is 10.0 Å². The van der Waals surface area contributed by atoms with Crippen molar-refractivity contribution < 1.29 is 4.79 Å². The van der Waals surface area contributed by atoms with Crippen LogP contribution in [-0.4, -0.2) is 11.1 Å². The second-order valence-electron chi connectivity index (χ2n) is 2.41. The van der Waals surface area contributed by atoms with Gasteiger partial charge in [0.25, 0.3) is 0 Å². The minimum atomic E-state index is -0.0827. The van der Waals surface area contributed by atoms with Crippen molar-refractivity contribution in [1.29, 1.82) is 0 Å². The van der Waals surface area contributed by atoms with E-state index in [1.807, 2.05) is 0 Å². The standard InChI is InChI=1S/C8H6Br2ClNO/c9-3-7(13)5-1-4(10)2-6(11)8(5)12/h1-2H,3,12H2. The molecule has 0 atom stereocenters. The number of carbonyl (C=O) groups is 1.